The van der Waals surface area contributed by atoms with Crippen molar-refractivity contribution in [1.29, 1.82) is 0 Å². The molecule has 0 unspecified atom stereocenters. The van der Waals surface area contributed by atoms with Crippen LogP contribution < -0.4 is 15.1 Å². The third-order valence-corrected chi connectivity index (χ3v) is 3.92. The number of ether oxygens (including phenoxy) is 2. The number of aryl methyl sites for hydroxylation is 1. The number of fused-ring (bicyclic) bond motifs is 1. The smallest absolute Gasteiger partial charge is 0.344 e. The van der Waals surface area contributed by atoms with Gasteiger partial charge in [0.05, 0.1) is 25.2 Å². The minimum atomic E-state index is -0.351. The van der Waals surface area contributed by atoms with Gasteiger partial charge in [-0.05, 0) is 17.5 Å². The summed E-state index contributed by atoms with van der Waals surface area (Å²) in [6.45, 7) is 2.02. The summed E-state index contributed by atoms with van der Waals surface area (Å²) in [4.78, 5) is 12.6. The van der Waals surface area contributed by atoms with E-state index >= 15 is 0 Å². The summed E-state index contributed by atoms with van der Waals surface area (Å²) in [6.07, 6.45) is 0.690. The van der Waals surface area contributed by atoms with Gasteiger partial charge >= 0.3 is 5.63 Å². The molecule has 3 aromatic rings. The van der Waals surface area contributed by atoms with Crippen LogP contribution in [0.5, 0.6) is 11.5 Å². The fourth-order valence-electron chi connectivity index (χ4n) is 2.87. The number of rotatable bonds is 4. The monoisotopic (exact) mass is 310 g/mol. The Labute approximate surface area is 134 Å². The van der Waals surface area contributed by atoms with Crippen LogP contribution in [0.3, 0.4) is 0 Å². The molecule has 0 N–H and O–H groups in total. The first-order chi connectivity index (χ1) is 11.2. The zero-order valence-corrected chi connectivity index (χ0v) is 13.4. The maximum atomic E-state index is 12.6. The molecule has 3 rings (SSSR count). The summed E-state index contributed by atoms with van der Waals surface area (Å²) in [5.74, 6) is 1.23. The zero-order valence-electron chi connectivity index (χ0n) is 13.4. The molecule has 4 heteroatoms. The molecule has 118 valence electrons. The molecule has 0 saturated heterocycles. The lowest BCUT2D eigenvalue weighted by molar-refractivity contribution is 0.395. The van der Waals surface area contributed by atoms with Gasteiger partial charge in [0.15, 0.2) is 0 Å². The first-order valence-corrected chi connectivity index (χ1v) is 7.46. The summed E-state index contributed by atoms with van der Waals surface area (Å²) in [6, 6.07) is 13.1. The highest BCUT2D eigenvalue weighted by molar-refractivity contribution is 5.93. The van der Waals surface area contributed by atoms with Gasteiger partial charge in [-0.1, -0.05) is 37.3 Å². The highest BCUT2D eigenvalue weighted by Crippen LogP contribution is 2.36. The fourth-order valence-corrected chi connectivity index (χ4v) is 2.87. The first kappa shape index (κ1) is 15.2. The van der Waals surface area contributed by atoms with Crippen LogP contribution in [0, 0.1) is 0 Å². The summed E-state index contributed by atoms with van der Waals surface area (Å²) in [5, 5.41) is 0.814. The second kappa shape index (κ2) is 6.16. The molecule has 23 heavy (non-hydrogen) atoms. The van der Waals surface area contributed by atoms with Crippen LogP contribution in [0.15, 0.2) is 51.7 Å². The molecule has 0 atom stereocenters. The van der Waals surface area contributed by atoms with Crippen LogP contribution in [-0.2, 0) is 6.42 Å². The predicted molar refractivity (Wildman–Crippen MR) is 90.4 cm³/mol. The Bertz CT molecular complexity index is 895. The van der Waals surface area contributed by atoms with Crippen molar-refractivity contribution in [3.63, 3.8) is 0 Å². The lowest BCUT2D eigenvalue weighted by Crippen LogP contribution is -2.08. The van der Waals surface area contributed by atoms with Crippen LogP contribution in [0.4, 0.5) is 0 Å². The van der Waals surface area contributed by atoms with E-state index in [0.717, 1.165) is 16.5 Å². The molecule has 0 bridgehead atoms. The van der Waals surface area contributed by atoms with Gasteiger partial charge in [-0.2, -0.15) is 0 Å². The van der Waals surface area contributed by atoms with Crippen LogP contribution in [0.25, 0.3) is 22.1 Å². The van der Waals surface area contributed by atoms with Crippen LogP contribution in [0.2, 0.25) is 0 Å². The Morgan fingerprint density at radius 1 is 1.04 bits per heavy atom. The van der Waals surface area contributed by atoms with E-state index in [4.69, 9.17) is 13.9 Å². The zero-order chi connectivity index (χ0) is 16.4. The van der Waals surface area contributed by atoms with Gasteiger partial charge in [-0.25, -0.2) is 4.79 Å². The van der Waals surface area contributed by atoms with E-state index in [1.165, 1.54) is 0 Å². The molecule has 0 aliphatic rings. The Morgan fingerprint density at radius 3 is 2.39 bits per heavy atom. The van der Waals surface area contributed by atoms with E-state index in [0.29, 0.717) is 29.1 Å². The summed E-state index contributed by atoms with van der Waals surface area (Å²) in [7, 11) is 3.17. The van der Waals surface area contributed by atoms with Crippen molar-refractivity contribution in [2.45, 2.75) is 13.3 Å². The van der Waals surface area contributed by atoms with Crippen LogP contribution in [0.1, 0.15) is 12.5 Å². The van der Waals surface area contributed by atoms with E-state index in [1.54, 1.807) is 26.4 Å². The maximum absolute atomic E-state index is 12.6. The van der Waals surface area contributed by atoms with E-state index < -0.39 is 0 Å². The maximum Gasteiger partial charge on any atom is 0.344 e. The molecular formula is C19H18O4. The van der Waals surface area contributed by atoms with E-state index in [1.807, 2.05) is 37.3 Å². The molecule has 1 aromatic heterocycles. The standard InChI is InChI=1S/C19H18O4/c1-4-14-17(12-8-6-5-7-9-12)19(20)23-16-11-13(21-2)10-15(22-3)18(14)16/h5-11H,4H2,1-3H3. The second-order valence-corrected chi connectivity index (χ2v) is 5.17. The quantitative estimate of drug-likeness (QED) is 0.682. The van der Waals surface area contributed by atoms with Gasteiger partial charge in [0.1, 0.15) is 17.1 Å². The molecule has 0 fully saturated rings. The predicted octanol–water partition coefficient (Wildman–Crippen LogP) is 4.04. The second-order valence-electron chi connectivity index (χ2n) is 5.17. The number of methoxy groups -OCH3 is 2. The lowest BCUT2D eigenvalue weighted by atomic mass is 9.96. The molecule has 4 nitrogen and oxygen atoms in total. The van der Waals surface area contributed by atoms with E-state index in [-0.39, 0.29) is 5.63 Å². The first-order valence-electron chi connectivity index (χ1n) is 7.46. The largest absolute Gasteiger partial charge is 0.496 e. The van der Waals surface area contributed by atoms with Crippen molar-refractivity contribution in [2.24, 2.45) is 0 Å². The molecule has 1 heterocycles. The van der Waals surface area contributed by atoms with E-state index in [2.05, 4.69) is 0 Å². The Morgan fingerprint density at radius 2 is 1.78 bits per heavy atom. The van der Waals surface area contributed by atoms with Crippen LogP contribution >= 0.6 is 0 Å². The molecule has 0 aliphatic carbocycles. The third-order valence-electron chi connectivity index (χ3n) is 3.92. The van der Waals surface area contributed by atoms with Gasteiger partial charge in [0.2, 0.25) is 0 Å². The minimum Gasteiger partial charge on any atom is -0.496 e. The van der Waals surface area contributed by atoms with Crippen molar-refractivity contribution in [2.75, 3.05) is 14.2 Å². The molecule has 0 amide bonds. The molecule has 0 spiro atoms. The number of benzene rings is 2. The molecule has 2 aromatic carbocycles. The molecule has 0 aliphatic heterocycles. The SMILES string of the molecule is CCc1c(-c2ccccc2)c(=O)oc2cc(OC)cc(OC)c12. The Kier molecular flexibility index (Phi) is 4.06. The number of hydrogen-bond donors (Lipinski definition) is 0. The normalized spacial score (nSPS) is 10.7. The van der Waals surface area contributed by atoms with Crippen molar-refractivity contribution >= 4 is 11.0 Å². The van der Waals surface area contributed by atoms with Crippen molar-refractivity contribution < 1.29 is 13.9 Å². The highest BCUT2D eigenvalue weighted by atomic mass is 16.5. The average molecular weight is 310 g/mol. The van der Waals surface area contributed by atoms with Crippen molar-refractivity contribution in [1.82, 2.24) is 0 Å². The van der Waals surface area contributed by atoms with E-state index in [9.17, 15) is 4.79 Å². The summed E-state index contributed by atoms with van der Waals surface area (Å²) in [5.41, 5.74) is 2.47. The van der Waals surface area contributed by atoms with Gasteiger partial charge in [-0.3, -0.25) is 0 Å². The molecule has 0 radical (unpaired) electrons. The van der Waals surface area contributed by atoms with Crippen molar-refractivity contribution in [3.05, 3.63) is 58.4 Å². The fraction of sp³-hybridized carbons (Fsp3) is 0.211. The Hall–Kier alpha value is -2.75. The topological polar surface area (TPSA) is 48.7 Å². The van der Waals surface area contributed by atoms with Gasteiger partial charge < -0.3 is 13.9 Å². The Balaban J connectivity index is 2.44. The van der Waals surface area contributed by atoms with Crippen molar-refractivity contribution in [3.8, 4) is 22.6 Å². The third kappa shape index (κ3) is 2.57. The molecular weight excluding hydrogens is 292 g/mol. The highest BCUT2D eigenvalue weighted by Gasteiger charge is 2.19. The summed E-state index contributed by atoms with van der Waals surface area (Å²) >= 11 is 0. The average Bonchev–Trinajstić information content (AvgIpc) is 2.60. The lowest BCUT2D eigenvalue weighted by Gasteiger charge is -2.14. The minimum absolute atomic E-state index is 0.351. The summed E-state index contributed by atoms with van der Waals surface area (Å²) < 4.78 is 16.3. The number of hydrogen-bond acceptors (Lipinski definition) is 4. The van der Waals surface area contributed by atoms with Crippen LogP contribution in [-0.4, -0.2) is 14.2 Å². The van der Waals surface area contributed by atoms with Gasteiger partial charge in [0, 0.05) is 12.1 Å². The molecule has 0 saturated carbocycles. The van der Waals surface area contributed by atoms with Gasteiger partial charge in [0.25, 0.3) is 0 Å². The van der Waals surface area contributed by atoms with Gasteiger partial charge in [-0.15, -0.1) is 0 Å².